The van der Waals surface area contributed by atoms with E-state index in [0.29, 0.717) is 6.04 Å². The maximum Gasteiger partial charge on any atom is 0.0226 e. The molecule has 0 amide bonds. The van der Waals surface area contributed by atoms with Crippen LogP contribution in [0.15, 0.2) is 12.2 Å². The van der Waals surface area contributed by atoms with Gasteiger partial charge in [0.2, 0.25) is 0 Å². The summed E-state index contributed by atoms with van der Waals surface area (Å²) in [4.78, 5) is 0. The van der Waals surface area contributed by atoms with Crippen molar-refractivity contribution in [3.63, 3.8) is 0 Å². The standard InChI is InChI=1S/C5H9N/c6-5-3-1-2-4-5/h1,3,5H,2,4,6H2/t5-/m0/s1. The molecule has 0 aromatic carbocycles. The van der Waals surface area contributed by atoms with Crippen LogP contribution in [0.3, 0.4) is 0 Å². The normalized spacial score (nSPS) is 31.8. The van der Waals surface area contributed by atoms with Crippen LogP contribution >= 0.6 is 0 Å². The molecule has 1 aliphatic carbocycles. The molecule has 1 atom stereocenters. The van der Waals surface area contributed by atoms with Gasteiger partial charge in [0.05, 0.1) is 0 Å². The van der Waals surface area contributed by atoms with E-state index in [0.717, 1.165) is 6.42 Å². The van der Waals surface area contributed by atoms with Crippen molar-refractivity contribution in [1.29, 1.82) is 0 Å². The van der Waals surface area contributed by atoms with Crippen molar-refractivity contribution in [3.8, 4) is 0 Å². The highest BCUT2D eigenvalue weighted by Crippen LogP contribution is 2.04. The second-order valence-electron chi connectivity index (χ2n) is 1.67. The minimum Gasteiger partial charge on any atom is -0.324 e. The zero-order valence-electron chi connectivity index (χ0n) is 3.72. The van der Waals surface area contributed by atoms with Gasteiger partial charge in [-0.15, -0.1) is 0 Å². The van der Waals surface area contributed by atoms with Crippen LogP contribution < -0.4 is 5.73 Å². The van der Waals surface area contributed by atoms with Crippen LogP contribution in [-0.4, -0.2) is 6.04 Å². The summed E-state index contributed by atoms with van der Waals surface area (Å²) in [5.74, 6) is 0. The Morgan fingerprint density at radius 1 is 1.67 bits per heavy atom. The van der Waals surface area contributed by atoms with Crippen molar-refractivity contribution in [2.24, 2.45) is 5.73 Å². The first-order valence-electron chi connectivity index (χ1n) is 2.32. The highest BCUT2D eigenvalue weighted by atomic mass is 14.6. The predicted octanol–water partition coefficient (Wildman–Crippen LogP) is 0.664. The minimum absolute atomic E-state index is 0.366. The zero-order valence-corrected chi connectivity index (χ0v) is 3.72. The van der Waals surface area contributed by atoms with E-state index < -0.39 is 0 Å². The Morgan fingerprint density at radius 2 is 2.50 bits per heavy atom. The first-order valence-corrected chi connectivity index (χ1v) is 2.32. The van der Waals surface area contributed by atoms with Crippen molar-refractivity contribution in [1.82, 2.24) is 0 Å². The third-order valence-electron chi connectivity index (χ3n) is 1.05. The number of hydrogen-bond donors (Lipinski definition) is 1. The molecule has 0 aromatic heterocycles. The van der Waals surface area contributed by atoms with Crippen LogP contribution in [0.5, 0.6) is 0 Å². The van der Waals surface area contributed by atoms with Crippen LogP contribution in [0.1, 0.15) is 12.8 Å². The van der Waals surface area contributed by atoms with E-state index in [1.165, 1.54) is 6.42 Å². The van der Waals surface area contributed by atoms with Crippen molar-refractivity contribution in [3.05, 3.63) is 12.2 Å². The lowest BCUT2D eigenvalue weighted by Gasteiger charge is -1.90. The monoisotopic (exact) mass is 83.1 g/mol. The summed E-state index contributed by atoms with van der Waals surface area (Å²) in [6, 6.07) is 0.366. The van der Waals surface area contributed by atoms with Gasteiger partial charge in [0.1, 0.15) is 0 Å². The highest BCUT2D eigenvalue weighted by molar-refractivity contribution is 4.98. The van der Waals surface area contributed by atoms with E-state index >= 15 is 0 Å². The molecule has 0 saturated heterocycles. The Hall–Kier alpha value is -0.300. The third kappa shape index (κ3) is 0.601. The molecule has 0 fully saturated rings. The Labute approximate surface area is 37.8 Å². The molecule has 0 aromatic rings. The van der Waals surface area contributed by atoms with E-state index in [1.807, 2.05) is 0 Å². The van der Waals surface area contributed by atoms with E-state index in [1.54, 1.807) is 0 Å². The largest absolute Gasteiger partial charge is 0.324 e. The second-order valence-corrected chi connectivity index (χ2v) is 1.67. The SMILES string of the molecule is N[C@H]1C=CCC1. The van der Waals surface area contributed by atoms with Gasteiger partial charge in [0.25, 0.3) is 0 Å². The first kappa shape index (κ1) is 3.88. The molecule has 0 heterocycles. The Bertz CT molecular complexity index is 66.3. The third-order valence-corrected chi connectivity index (χ3v) is 1.05. The second kappa shape index (κ2) is 1.43. The van der Waals surface area contributed by atoms with Gasteiger partial charge < -0.3 is 5.73 Å². The van der Waals surface area contributed by atoms with Crippen LogP contribution in [0.25, 0.3) is 0 Å². The molecular weight excluding hydrogens is 74.1 g/mol. The molecule has 1 rings (SSSR count). The summed E-state index contributed by atoms with van der Waals surface area (Å²) in [6.45, 7) is 0. The smallest absolute Gasteiger partial charge is 0.0226 e. The predicted molar refractivity (Wildman–Crippen MR) is 26.3 cm³/mol. The van der Waals surface area contributed by atoms with Crippen molar-refractivity contribution < 1.29 is 0 Å². The average molecular weight is 83.1 g/mol. The Balaban J connectivity index is 2.38. The molecule has 34 valence electrons. The molecular formula is C5H9N. The fourth-order valence-electron chi connectivity index (χ4n) is 0.656. The molecule has 6 heavy (non-hydrogen) atoms. The lowest BCUT2D eigenvalue weighted by atomic mass is 10.3. The zero-order chi connectivity index (χ0) is 4.41. The molecule has 1 aliphatic rings. The van der Waals surface area contributed by atoms with E-state index in [2.05, 4.69) is 12.2 Å². The van der Waals surface area contributed by atoms with Crippen molar-refractivity contribution >= 4 is 0 Å². The minimum atomic E-state index is 0.366. The molecule has 0 spiro atoms. The number of allylic oxidation sites excluding steroid dienone is 1. The van der Waals surface area contributed by atoms with Crippen LogP contribution in [-0.2, 0) is 0 Å². The van der Waals surface area contributed by atoms with Crippen LogP contribution in [0.2, 0.25) is 0 Å². The van der Waals surface area contributed by atoms with Gasteiger partial charge in [-0.2, -0.15) is 0 Å². The van der Waals surface area contributed by atoms with Gasteiger partial charge in [-0.3, -0.25) is 0 Å². The summed E-state index contributed by atoms with van der Waals surface area (Å²) in [5, 5.41) is 0. The van der Waals surface area contributed by atoms with Gasteiger partial charge >= 0.3 is 0 Å². The quantitative estimate of drug-likeness (QED) is 0.428. The molecule has 0 bridgehead atoms. The summed E-state index contributed by atoms with van der Waals surface area (Å²) in [6.07, 6.45) is 6.52. The van der Waals surface area contributed by atoms with Crippen LogP contribution in [0, 0.1) is 0 Å². The number of nitrogens with two attached hydrogens (primary N) is 1. The fourth-order valence-corrected chi connectivity index (χ4v) is 0.656. The topological polar surface area (TPSA) is 26.0 Å². The summed E-state index contributed by atoms with van der Waals surface area (Å²) < 4.78 is 0. The molecule has 0 aliphatic heterocycles. The number of rotatable bonds is 0. The molecule has 1 heteroatoms. The molecule has 2 N–H and O–H groups in total. The maximum absolute atomic E-state index is 5.45. The summed E-state index contributed by atoms with van der Waals surface area (Å²) >= 11 is 0. The van der Waals surface area contributed by atoms with E-state index in [9.17, 15) is 0 Å². The van der Waals surface area contributed by atoms with Gasteiger partial charge in [-0.1, -0.05) is 12.2 Å². The van der Waals surface area contributed by atoms with Crippen molar-refractivity contribution in [2.45, 2.75) is 18.9 Å². The van der Waals surface area contributed by atoms with Gasteiger partial charge in [-0.05, 0) is 12.8 Å². The summed E-state index contributed by atoms with van der Waals surface area (Å²) in [5.41, 5.74) is 5.45. The first-order chi connectivity index (χ1) is 2.89. The lowest BCUT2D eigenvalue weighted by Crippen LogP contribution is -2.11. The van der Waals surface area contributed by atoms with Gasteiger partial charge in [-0.25, -0.2) is 0 Å². The molecule has 0 unspecified atom stereocenters. The van der Waals surface area contributed by atoms with Crippen LogP contribution in [0.4, 0.5) is 0 Å². The molecule has 0 radical (unpaired) electrons. The van der Waals surface area contributed by atoms with E-state index in [-0.39, 0.29) is 0 Å². The fraction of sp³-hybridized carbons (Fsp3) is 0.600. The molecule has 1 nitrogen and oxygen atoms in total. The van der Waals surface area contributed by atoms with E-state index in [4.69, 9.17) is 5.73 Å². The van der Waals surface area contributed by atoms with Crippen molar-refractivity contribution in [2.75, 3.05) is 0 Å². The van der Waals surface area contributed by atoms with Gasteiger partial charge in [0, 0.05) is 6.04 Å². The van der Waals surface area contributed by atoms with Gasteiger partial charge in [0.15, 0.2) is 0 Å². The maximum atomic E-state index is 5.45. The summed E-state index contributed by atoms with van der Waals surface area (Å²) in [7, 11) is 0. The lowest BCUT2D eigenvalue weighted by molar-refractivity contribution is 0.780. The molecule has 0 saturated carbocycles. The number of hydrogen-bond acceptors (Lipinski definition) is 1. The Kier molecular flexibility index (Phi) is 0.926. The Morgan fingerprint density at radius 3 is 2.67 bits per heavy atom. The average Bonchev–Trinajstić information content (AvgIpc) is 1.86. The highest BCUT2D eigenvalue weighted by Gasteiger charge is 1.99.